The van der Waals surface area contributed by atoms with Crippen molar-refractivity contribution in [3.05, 3.63) is 62.1 Å². The van der Waals surface area contributed by atoms with Crippen LogP contribution in [0.2, 0.25) is 0 Å². The highest BCUT2D eigenvalue weighted by molar-refractivity contribution is 14.1. The molecular formula is C18H18INO. The smallest absolute Gasteiger partial charge is 0.192 e. The van der Waals surface area contributed by atoms with E-state index in [4.69, 9.17) is 0 Å². The molecule has 1 heterocycles. The largest absolute Gasteiger partial charge is 0.356 e. The van der Waals surface area contributed by atoms with Crippen molar-refractivity contribution in [2.24, 2.45) is 7.05 Å². The monoisotopic (exact) mass is 391 g/mol. The van der Waals surface area contributed by atoms with Gasteiger partial charge in [0.1, 0.15) is 0 Å². The van der Waals surface area contributed by atoms with Gasteiger partial charge in [0.05, 0.1) is 0 Å². The number of halogens is 1. The van der Waals surface area contributed by atoms with Crippen LogP contribution in [0.4, 0.5) is 0 Å². The minimum Gasteiger partial charge on any atom is -0.356 e. The molecule has 1 aromatic carbocycles. The molecule has 0 atom stereocenters. The van der Waals surface area contributed by atoms with Crippen molar-refractivity contribution in [2.75, 3.05) is 0 Å². The predicted octanol–water partition coefficient (Wildman–Crippen LogP) is 4.73. The van der Waals surface area contributed by atoms with E-state index >= 15 is 0 Å². The van der Waals surface area contributed by atoms with Gasteiger partial charge in [-0.2, -0.15) is 0 Å². The van der Waals surface area contributed by atoms with Crippen molar-refractivity contribution >= 4 is 28.7 Å². The number of pyridine rings is 1. The van der Waals surface area contributed by atoms with E-state index in [1.165, 1.54) is 6.42 Å². The SMILES string of the molecule is Cn1cc(-c2cccc(C=CI)c2)c(=O)c(C2CCC2)c1. The Balaban J connectivity index is 2.11. The molecule has 0 aliphatic heterocycles. The lowest BCUT2D eigenvalue weighted by Crippen LogP contribution is -2.21. The molecule has 3 rings (SSSR count). The molecule has 108 valence electrons. The molecule has 0 saturated heterocycles. The van der Waals surface area contributed by atoms with Crippen LogP contribution in [0.3, 0.4) is 0 Å². The first-order valence-electron chi connectivity index (χ1n) is 7.26. The van der Waals surface area contributed by atoms with Gasteiger partial charge in [-0.1, -0.05) is 47.2 Å². The Labute approximate surface area is 138 Å². The minimum atomic E-state index is 0.202. The van der Waals surface area contributed by atoms with Gasteiger partial charge in [0.2, 0.25) is 0 Å². The average molecular weight is 391 g/mol. The van der Waals surface area contributed by atoms with Crippen molar-refractivity contribution in [3.8, 4) is 11.1 Å². The standard InChI is InChI=1S/C18H18INO/c1-20-11-16(14-5-3-6-14)18(21)17(12-20)15-7-2-4-13(10-15)8-9-19/h2,4,7-12,14H,3,5-6H2,1H3. The number of nitrogens with zero attached hydrogens (tertiary/aromatic N) is 1. The van der Waals surface area contributed by atoms with Crippen molar-refractivity contribution in [1.82, 2.24) is 4.57 Å². The van der Waals surface area contributed by atoms with Gasteiger partial charge in [0.25, 0.3) is 0 Å². The maximum atomic E-state index is 12.8. The summed E-state index contributed by atoms with van der Waals surface area (Å²) < 4.78 is 4.00. The zero-order chi connectivity index (χ0) is 14.8. The molecule has 3 heteroatoms. The third-order valence-corrected chi connectivity index (χ3v) is 4.54. The number of rotatable bonds is 3. The van der Waals surface area contributed by atoms with E-state index in [1.54, 1.807) is 0 Å². The molecular weight excluding hydrogens is 373 g/mol. The molecule has 2 nitrogen and oxygen atoms in total. The first-order chi connectivity index (χ1) is 10.2. The van der Waals surface area contributed by atoms with Crippen LogP contribution >= 0.6 is 22.6 Å². The van der Waals surface area contributed by atoms with Gasteiger partial charge in [-0.25, -0.2) is 0 Å². The van der Waals surface area contributed by atoms with Gasteiger partial charge >= 0.3 is 0 Å². The fraction of sp³-hybridized carbons (Fsp3) is 0.278. The summed E-state index contributed by atoms with van der Waals surface area (Å²) in [6.07, 6.45) is 9.53. The summed E-state index contributed by atoms with van der Waals surface area (Å²) in [6.45, 7) is 0. The molecule has 0 spiro atoms. The molecule has 1 aliphatic carbocycles. The summed E-state index contributed by atoms with van der Waals surface area (Å²) in [5, 5.41) is 0. The summed E-state index contributed by atoms with van der Waals surface area (Å²) in [5.41, 5.74) is 4.12. The highest BCUT2D eigenvalue weighted by atomic mass is 127. The molecule has 1 fully saturated rings. The Bertz CT molecular complexity index is 741. The summed E-state index contributed by atoms with van der Waals surface area (Å²) >= 11 is 2.21. The van der Waals surface area contributed by atoms with E-state index < -0.39 is 0 Å². The number of benzene rings is 1. The molecule has 0 N–H and O–H groups in total. The molecule has 0 radical (unpaired) electrons. The lowest BCUT2D eigenvalue weighted by atomic mass is 9.80. The normalized spacial score (nSPS) is 15.3. The number of aryl methyl sites for hydroxylation is 1. The van der Waals surface area contributed by atoms with E-state index in [0.717, 1.165) is 35.1 Å². The first kappa shape index (κ1) is 14.6. The van der Waals surface area contributed by atoms with Crippen LogP contribution in [0, 0.1) is 0 Å². The van der Waals surface area contributed by atoms with E-state index in [1.807, 2.05) is 46.3 Å². The van der Waals surface area contributed by atoms with Gasteiger partial charge < -0.3 is 4.57 Å². The zero-order valence-corrected chi connectivity index (χ0v) is 14.2. The van der Waals surface area contributed by atoms with Crippen LogP contribution in [0.25, 0.3) is 17.2 Å². The summed E-state index contributed by atoms with van der Waals surface area (Å²) in [7, 11) is 2.00. The summed E-state index contributed by atoms with van der Waals surface area (Å²) in [6, 6.07) is 8.16. The highest BCUT2D eigenvalue weighted by Crippen LogP contribution is 2.35. The second kappa shape index (κ2) is 6.18. The fourth-order valence-electron chi connectivity index (χ4n) is 2.83. The Morgan fingerprint density at radius 2 is 2.10 bits per heavy atom. The number of hydrogen-bond acceptors (Lipinski definition) is 1. The van der Waals surface area contributed by atoms with Crippen LogP contribution in [0.1, 0.15) is 36.3 Å². The van der Waals surface area contributed by atoms with Gasteiger partial charge in [0, 0.05) is 30.6 Å². The van der Waals surface area contributed by atoms with Crippen LogP contribution in [-0.2, 0) is 7.05 Å². The second-order valence-electron chi connectivity index (χ2n) is 5.67. The maximum Gasteiger partial charge on any atom is 0.192 e. The molecule has 0 amide bonds. The van der Waals surface area contributed by atoms with Crippen LogP contribution in [0.15, 0.2) is 45.5 Å². The van der Waals surface area contributed by atoms with E-state index in [9.17, 15) is 4.79 Å². The fourth-order valence-corrected chi connectivity index (χ4v) is 3.25. The zero-order valence-electron chi connectivity index (χ0n) is 12.1. The van der Waals surface area contributed by atoms with Gasteiger partial charge in [-0.15, -0.1) is 0 Å². The predicted molar refractivity (Wildman–Crippen MR) is 96.8 cm³/mol. The minimum absolute atomic E-state index is 0.202. The summed E-state index contributed by atoms with van der Waals surface area (Å²) in [4.78, 5) is 12.8. The topological polar surface area (TPSA) is 22.0 Å². The molecule has 1 aliphatic rings. The second-order valence-corrected chi connectivity index (χ2v) is 6.39. The molecule has 2 aromatic rings. The van der Waals surface area contributed by atoms with Crippen LogP contribution < -0.4 is 5.43 Å². The van der Waals surface area contributed by atoms with Crippen molar-refractivity contribution in [2.45, 2.75) is 25.2 Å². The molecule has 1 saturated carbocycles. The third-order valence-electron chi connectivity index (χ3n) is 4.18. The Morgan fingerprint density at radius 3 is 2.76 bits per heavy atom. The highest BCUT2D eigenvalue weighted by Gasteiger charge is 2.23. The third kappa shape index (κ3) is 2.98. The Hall–Kier alpha value is -1.36. The molecule has 1 aromatic heterocycles. The van der Waals surface area contributed by atoms with E-state index in [0.29, 0.717) is 5.92 Å². The Morgan fingerprint density at radius 1 is 1.29 bits per heavy atom. The first-order valence-corrected chi connectivity index (χ1v) is 8.51. The van der Waals surface area contributed by atoms with Crippen LogP contribution in [0.5, 0.6) is 0 Å². The van der Waals surface area contributed by atoms with E-state index in [2.05, 4.69) is 34.7 Å². The van der Waals surface area contributed by atoms with Gasteiger partial charge in [0.15, 0.2) is 5.43 Å². The lowest BCUT2D eigenvalue weighted by molar-refractivity contribution is 0.415. The maximum absolute atomic E-state index is 12.8. The molecule has 0 bridgehead atoms. The summed E-state index contributed by atoms with van der Waals surface area (Å²) in [5.74, 6) is 0.459. The average Bonchev–Trinajstić information content (AvgIpc) is 2.41. The number of hydrogen-bond donors (Lipinski definition) is 0. The lowest BCUT2D eigenvalue weighted by Gasteiger charge is -2.26. The van der Waals surface area contributed by atoms with Gasteiger partial charge in [-0.3, -0.25) is 4.79 Å². The Kier molecular flexibility index (Phi) is 4.29. The van der Waals surface area contributed by atoms with E-state index in [-0.39, 0.29) is 5.43 Å². The molecule has 21 heavy (non-hydrogen) atoms. The van der Waals surface area contributed by atoms with Gasteiger partial charge in [-0.05, 0) is 46.1 Å². The quantitative estimate of drug-likeness (QED) is 0.694. The van der Waals surface area contributed by atoms with Crippen molar-refractivity contribution in [3.63, 3.8) is 0 Å². The molecule has 0 unspecified atom stereocenters. The number of aromatic nitrogens is 1. The van der Waals surface area contributed by atoms with Crippen LogP contribution in [-0.4, -0.2) is 4.57 Å². The van der Waals surface area contributed by atoms with Crippen molar-refractivity contribution in [1.29, 1.82) is 0 Å². The van der Waals surface area contributed by atoms with Crippen molar-refractivity contribution < 1.29 is 0 Å².